The molecular formula is C11H23NO. The highest BCUT2D eigenvalue weighted by Gasteiger charge is 2.08. The van der Waals surface area contributed by atoms with Crippen molar-refractivity contribution in [3.05, 3.63) is 0 Å². The van der Waals surface area contributed by atoms with Crippen molar-refractivity contribution >= 4 is 6.29 Å². The number of carbonyl (C=O) groups excluding carboxylic acids is 1. The summed E-state index contributed by atoms with van der Waals surface area (Å²) in [5, 5.41) is 0. The second-order valence-corrected chi connectivity index (χ2v) is 3.93. The van der Waals surface area contributed by atoms with Crippen LogP contribution in [0.4, 0.5) is 0 Å². The second-order valence-electron chi connectivity index (χ2n) is 3.93. The van der Waals surface area contributed by atoms with E-state index < -0.39 is 0 Å². The quantitative estimate of drug-likeness (QED) is 0.629. The van der Waals surface area contributed by atoms with Crippen molar-refractivity contribution < 1.29 is 4.79 Å². The van der Waals surface area contributed by atoms with Crippen LogP contribution in [0.1, 0.15) is 40.0 Å². The molecule has 0 aromatic carbocycles. The lowest BCUT2D eigenvalue weighted by Crippen LogP contribution is -2.19. The summed E-state index contributed by atoms with van der Waals surface area (Å²) in [6.07, 6.45) is 5.10. The monoisotopic (exact) mass is 185 g/mol. The van der Waals surface area contributed by atoms with Crippen LogP contribution < -0.4 is 0 Å². The maximum absolute atomic E-state index is 9.50. The van der Waals surface area contributed by atoms with E-state index in [1.807, 2.05) is 13.8 Å². The van der Waals surface area contributed by atoms with Crippen molar-refractivity contribution in [1.82, 2.24) is 4.90 Å². The minimum atomic E-state index is 0.204. The van der Waals surface area contributed by atoms with E-state index in [2.05, 4.69) is 11.8 Å². The summed E-state index contributed by atoms with van der Waals surface area (Å²) >= 11 is 0. The minimum Gasteiger partial charge on any atom is -0.303 e. The first-order chi connectivity index (χ1) is 6.20. The number of likely N-dealkylation sites (tertiary alicyclic amines) is 1. The van der Waals surface area contributed by atoms with Gasteiger partial charge in [-0.05, 0) is 38.9 Å². The molecule has 0 N–H and O–H groups in total. The highest BCUT2D eigenvalue weighted by Crippen LogP contribution is 2.06. The lowest BCUT2D eigenvalue weighted by molar-refractivity contribution is -0.110. The predicted octanol–water partition coefficient (Wildman–Crippen LogP) is 2.33. The van der Waals surface area contributed by atoms with E-state index in [1.165, 1.54) is 38.9 Å². The fourth-order valence-electron chi connectivity index (χ4n) is 1.32. The van der Waals surface area contributed by atoms with Crippen LogP contribution in [0.2, 0.25) is 0 Å². The van der Waals surface area contributed by atoms with Crippen LogP contribution in [-0.2, 0) is 4.79 Å². The van der Waals surface area contributed by atoms with Crippen LogP contribution >= 0.6 is 0 Å². The Bertz CT molecular complexity index is 117. The Morgan fingerprint density at radius 1 is 1.31 bits per heavy atom. The van der Waals surface area contributed by atoms with Gasteiger partial charge in [-0.1, -0.05) is 20.8 Å². The molecule has 1 aliphatic heterocycles. The average Bonchev–Trinajstić information content (AvgIpc) is 2.59. The maximum atomic E-state index is 9.50. The van der Waals surface area contributed by atoms with Gasteiger partial charge in [-0.25, -0.2) is 0 Å². The molecular weight excluding hydrogens is 162 g/mol. The Morgan fingerprint density at radius 2 is 1.77 bits per heavy atom. The van der Waals surface area contributed by atoms with Gasteiger partial charge in [0.05, 0.1) is 0 Å². The zero-order valence-corrected chi connectivity index (χ0v) is 9.25. The first-order valence-electron chi connectivity index (χ1n) is 5.38. The molecule has 0 bridgehead atoms. The molecule has 1 aliphatic rings. The van der Waals surface area contributed by atoms with E-state index in [4.69, 9.17) is 0 Å². The third kappa shape index (κ3) is 7.97. The van der Waals surface area contributed by atoms with Crippen molar-refractivity contribution in [3.63, 3.8) is 0 Å². The van der Waals surface area contributed by atoms with Gasteiger partial charge >= 0.3 is 0 Å². The van der Waals surface area contributed by atoms with Gasteiger partial charge in [0.1, 0.15) is 6.29 Å². The number of hydrogen-bond donors (Lipinski definition) is 0. The third-order valence-corrected chi connectivity index (χ3v) is 2.01. The first kappa shape index (κ1) is 12.6. The average molecular weight is 185 g/mol. The van der Waals surface area contributed by atoms with Crippen molar-refractivity contribution in [2.75, 3.05) is 19.6 Å². The van der Waals surface area contributed by atoms with E-state index in [0.717, 1.165) is 6.29 Å². The molecule has 1 rings (SSSR count). The van der Waals surface area contributed by atoms with Crippen LogP contribution in [0.25, 0.3) is 0 Å². The van der Waals surface area contributed by atoms with Crippen molar-refractivity contribution in [3.8, 4) is 0 Å². The van der Waals surface area contributed by atoms with Gasteiger partial charge in [0.25, 0.3) is 0 Å². The lowest BCUT2D eigenvalue weighted by Gasteiger charge is -2.11. The topological polar surface area (TPSA) is 20.3 Å². The number of nitrogens with zero attached hydrogens (tertiary/aromatic N) is 1. The van der Waals surface area contributed by atoms with E-state index in [9.17, 15) is 4.79 Å². The van der Waals surface area contributed by atoms with E-state index >= 15 is 0 Å². The summed E-state index contributed by atoms with van der Waals surface area (Å²) in [7, 11) is 0. The number of rotatable bonds is 3. The molecule has 78 valence electrons. The van der Waals surface area contributed by atoms with Crippen LogP contribution in [0.3, 0.4) is 0 Å². The molecule has 0 saturated carbocycles. The molecule has 0 spiro atoms. The normalized spacial score (nSPS) is 16.9. The van der Waals surface area contributed by atoms with Gasteiger partial charge in [0.15, 0.2) is 0 Å². The zero-order chi connectivity index (χ0) is 10.1. The number of aldehydes is 1. The first-order valence-corrected chi connectivity index (χ1v) is 5.38. The predicted molar refractivity (Wildman–Crippen MR) is 56.9 cm³/mol. The maximum Gasteiger partial charge on any atom is 0.122 e. The van der Waals surface area contributed by atoms with Gasteiger partial charge in [-0.3, -0.25) is 0 Å². The Labute approximate surface area is 82.3 Å². The van der Waals surface area contributed by atoms with Crippen LogP contribution in [0.5, 0.6) is 0 Å². The SMILES string of the molecule is CC(C)C=O.CCCN1CCCC1. The highest BCUT2D eigenvalue weighted by molar-refractivity contribution is 5.51. The molecule has 0 radical (unpaired) electrons. The van der Waals surface area contributed by atoms with E-state index in [0.29, 0.717) is 0 Å². The van der Waals surface area contributed by atoms with Crippen molar-refractivity contribution in [2.45, 2.75) is 40.0 Å². The summed E-state index contributed by atoms with van der Waals surface area (Å²) in [6, 6.07) is 0. The molecule has 2 heteroatoms. The van der Waals surface area contributed by atoms with Gasteiger partial charge in [0.2, 0.25) is 0 Å². The van der Waals surface area contributed by atoms with E-state index in [1.54, 1.807) is 0 Å². The summed E-state index contributed by atoms with van der Waals surface area (Å²) in [6.45, 7) is 9.99. The smallest absolute Gasteiger partial charge is 0.122 e. The Morgan fingerprint density at radius 3 is 2.08 bits per heavy atom. The molecule has 1 fully saturated rings. The fourth-order valence-corrected chi connectivity index (χ4v) is 1.32. The van der Waals surface area contributed by atoms with Crippen LogP contribution in [0, 0.1) is 5.92 Å². The Balaban J connectivity index is 0.000000252. The van der Waals surface area contributed by atoms with Crippen LogP contribution in [-0.4, -0.2) is 30.8 Å². The van der Waals surface area contributed by atoms with Gasteiger partial charge in [-0.2, -0.15) is 0 Å². The summed E-state index contributed by atoms with van der Waals surface area (Å²) < 4.78 is 0. The molecule has 0 aromatic heterocycles. The molecule has 1 heterocycles. The Kier molecular flexibility index (Phi) is 8.00. The summed E-state index contributed by atoms with van der Waals surface area (Å²) in [4.78, 5) is 12.0. The van der Waals surface area contributed by atoms with E-state index in [-0.39, 0.29) is 5.92 Å². The third-order valence-electron chi connectivity index (χ3n) is 2.01. The lowest BCUT2D eigenvalue weighted by atomic mass is 10.3. The number of carbonyl (C=O) groups is 1. The standard InChI is InChI=1S/C7H15N.C4H8O/c1-2-5-8-6-3-4-7-8;1-4(2)3-5/h2-7H2,1H3;3-4H,1-2H3. The van der Waals surface area contributed by atoms with Crippen molar-refractivity contribution in [1.29, 1.82) is 0 Å². The molecule has 0 aromatic rings. The van der Waals surface area contributed by atoms with Crippen molar-refractivity contribution in [2.24, 2.45) is 5.92 Å². The fraction of sp³-hybridized carbons (Fsp3) is 0.909. The molecule has 1 saturated heterocycles. The Hall–Kier alpha value is -0.370. The second kappa shape index (κ2) is 8.24. The number of hydrogen-bond acceptors (Lipinski definition) is 2. The molecule has 13 heavy (non-hydrogen) atoms. The summed E-state index contributed by atoms with van der Waals surface area (Å²) in [5.74, 6) is 0.204. The molecule has 0 aliphatic carbocycles. The zero-order valence-electron chi connectivity index (χ0n) is 9.25. The molecule has 0 unspecified atom stereocenters. The van der Waals surface area contributed by atoms with Gasteiger partial charge in [-0.15, -0.1) is 0 Å². The largest absolute Gasteiger partial charge is 0.303 e. The summed E-state index contributed by atoms with van der Waals surface area (Å²) in [5.41, 5.74) is 0. The van der Waals surface area contributed by atoms with Gasteiger partial charge < -0.3 is 9.69 Å². The molecule has 2 nitrogen and oxygen atoms in total. The molecule has 0 atom stereocenters. The van der Waals surface area contributed by atoms with Crippen LogP contribution in [0.15, 0.2) is 0 Å². The van der Waals surface area contributed by atoms with Gasteiger partial charge in [0, 0.05) is 5.92 Å². The molecule has 0 amide bonds. The highest BCUT2D eigenvalue weighted by atomic mass is 16.1. The minimum absolute atomic E-state index is 0.204.